The van der Waals surface area contributed by atoms with Crippen molar-refractivity contribution in [2.45, 2.75) is 17.2 Å². The second-order valence-corrected chi connectivity index (χ2v) is 7.06. The molecule has 0 bridgehead atoms. The molecule has 0 amide bonds. The van der Waals surface area contributed by atoms with E-state index in [1.54, 1.807) is 0 Å². The minimum absolute atomic E-state index is 0.122. The summed E-state index contributed by atoms with van der Waals surface area (Å²) in [6, 6.07) is 7.15. The molecule has 4 nitrogen and oxygen atoms in total. The molecule has 0 aliphatic carbocycles. The van der Waals surface area contributed by atoms with Crippen LogP contribution < -0.4 is 9.46 Å². The Morgan fingerprint density at radius 3 is 2.00 bits per heavy atom. The normalized spacial score (nSPS) is 12.8. The summed E-state index contributed by atoms with van der Waals surface area (Å²) in [5.41, 5.74) is -2.05. The lowest BCUT2D eigenvalue weighted by molar-refractivity contribution is -0.138. The summed E-state index contributed by atoms with van der Waals surface area (Å²) in [6.45, 7) is -0.672. The van der Waals surface area contributed by atoms with Crippen molar-refractivity contribution in [3.8, 4) is 5.75 Å². The van der Waals surface area contributed by atoms with Gasteiger partial charge in [-0.1, -0.05) is 12.1 Å². The number of alkyl halides is 6. The first kappa shape index (κ1) is 21.0. The van der Waals surface area contributed by atoms with Gasteiger partial charge in [-0.05, 0) is 36.4 Å². The average Bonchev–Trinajstić information content (AvgIpc) is 2.58. The van der Waals surface area contributed by atoms with Crippen LogP contribution in [0.15, 0.2) is 53.4 Å². The molecule has 148 valence electrons. The third kappa shape index (κ3) is 5.86. The number of nitrogens with one attached hydrogen (secondary N) is 1. The van der Waals surface area contributed by atoms with Crippen LogP contribution in [0.2, 0.25) is 0 Å². The lowest BCUT2D eigenvalue weighted by atomic mass is 10.2. The number of ether oxygens (including phenoxy) is 1. The van der Waals surface area contributed by atoms with E-state index in [2.05, 4.69) is 0 Å². The molecule has 11 heteroatoms. The van der Waals surface area contributed by atoms with Crippen LogP contribution in [0.3, 0.4) is 0 Å². The molecule has 0 aliphatic rings. The Balaban J connectivity index is 1.97. The molecular weight excluding hydrogens is 400 g/mol. The third-order valence-corrected chi connectivity index (χ3v) is 4.75. The number of sulfonamides is 1. The van der Waals surface area contributed by atoms with Crippen LogP contribution in [0, 0.1) is 0 Å². The topological polar surface area (TPSA) is 55.4 Å². The Morgan fingerprint density at radius 2 is 1.41 bits per heavy atom. The maximum absolute atomic E-state index is 12.7. The van der Waals surface area contributed by atoms with E-state index in [0.29, 0.717) is 6.07 Å². The highest BCUT2D eigenvalue weighted by molar-refractivity contribution is 7.89. The first-order valence-corrected chi connectivity index (χ1v) is 8.85. The highest BCUT2D eigenvalue weighted by Crippen LogP contribution is 2.31. The van der Waals surface area contributed by atoms with Gasteiger partial charge in [0, 0.05) is 6.54 Å². The van der Waals surface area contributed by atoms with E-state index in [4.69, 9.17) is 4.74 Å². The molecule has 0 radical (unpaired) electrons. The highest BCUT2D eigenvalue weighted by Gasteiger charge is 2.32. The molecule has 0 saturated heterocycles. The number of hydrogen-bond acceptors (Lipinski definition) is 3. The zero-order valence-electron chi connectivity index (χ0n) is 13.4. The summed E-state index contributed by atoms with van der Waals surface area (Å²) >= 11 is 0. The Bertz CT molecular complexity index is 894. The van der Waals surface area contributed by atoms with Crippen molar-refractivity contribution in [2.75, 3.05) is 13.2 Å². The van der Waals surface area contributed by atoms with Crippen molar-refractivity contribution in [1.29, 1.82) is 0 Å². The lowest BCUT2D eigenvalue weighted by Crippen LogP contribution is -2.28. The standard InChI is InChI=1S/C16H13F6NO3S/c17-15(18,19)11-3-1-5-13(9-11)26-8-7-23-27(24,25)14-6-2-4-12(10-14)16(20,21)22/h1-6,9-10,23H,7-8H2. The van der Waals surface area contributed by atoms with Gasteiger partial charge in [-0.3, -0.25) is 0 Å². The van der Waals surface area contributed by atoms with E-state index in [1.807, 2.05) is 4.72 Å². The Kier molecular flexibility index (Phi) is 6.05. The van der Waals surface area contributed by atoms with Gasteiger partial charge in [0.1, 0.15) is 12.4 Å². The van der Waals surface area contributed by atoms with Crippen LogP contribution in [-0.4, -0.2) is 21.6 Å². The van der Waals surface area contributed by atoms with Crippen LogP contribution in [0.25, 0.3) is 0 Å². The maximum atomic E-state index is 12.7. The predicted octanol–water partition coefficient (Wildman–Crippen LogP) is 4.08. The summed E-state index contributed by atoms with van der Waals surface area (Å²) in [5, 5.41) is 0. The minimum atomic E-state index is -4.70. The van der Waals surface area contributed by atoms with Crippen molar-refractivity contribution in [3.63, 3.8) is 0 Å². The van der Waals surface area contributed by atoms with Crippen molar-refractivity contribution < 1.29 is 39.5 Å². The molecule has 2 aromatic carbocycles. The Labute approximate surface area is 150 Å². The van der Waals surface area contributed by atoms with Gasteiger partial charge in [-0.15, -0.1) is 0 Å². The second-order valence-electron chi connectivity index (χ2n) is 5.30. The highest BCUT2D eigenvalue weighted by atomic mass is 32.2. The summed E-state index contributed by atoms with van der Waals surface area (Å²) in [4.78, 5) is -0.587. The van der Waals surface area contributed by atoms with E-state index in [9.17, 15) is 34.8 Å². The molecule has 0 heterocycles. The quantitative estimate of drug-likeness (QED) is 0.574. The van der Waals surface area contributed by atoms with E-state index in [1.165, 1.54) is 6.07 Å². The fourth-order valence-electron chi connectivity index (χ4n) is 2.03. The average molecular weight is 413 g/mol. The number of benzene rings is 2. The zero-order valence-corrected chi connectivity index (χ0v) is 14.3. The predicted molar refractivity (Wildman–Crippen MR) is 83.6 cm³/mol. The largest absolute Gasteiger partial charge is 0.492 e. The van der Waals surface area contributed by atoms with Crippen LogP contribution in [0.1, 0.15) is 11.1 Å². The van der Waals surface area contributed by atoms with Gasteiger partial charge in [0.2, 0.25) is 10.0 Å². The van der Waals surface area contributed by atoms with Gasteiger partial charge in [0.15, 0.2) is 0 Å². The van der Waals surface area contributed by atoms with E-state index in [0.717, 1.165) is 36.4 Å². The van der Waals surface area contributed by atoms with Gasteiger partial charge in [0.25, 0.3) is 0 Å². The smallest absolute Gasteiger partial charge is 0.416 e. The van der Waals surface area contributed by atoms with Crippen LogP contribution in [-0.2, 0) is 22.4 Å². The van der Waals surface area contributed by atoms with E-state index >= 15 is 0 Å². The van der Waals surface area contributed by atoms with E-state index in [-0.39, 0.29) is 18.9 Å². The van der Waals surface area contributed by atoms with E-state index < -0.39 is 38.4 Å². The monoisotopic (exact) mass is 413 g/mol. The minimum Gasteiger partial charge on any atom is -0.492 e. The number of rotatable bonds is 6. The second kappa shape index (κ2) is 7.77. The summed E-state index contributed by atoms with van der Waals surface area (Å²) in [6.07, 6.45) is -9.25. The van der Waals surface area contributed by atoms with Crippen molar-refractivity contribution in [1.82, 2.24) is 4.72 Å². The van der Waals surface area contributed by atoms with Crippen LogP contribution >= 0.6 is 0 Å². The third-order valence-electron chi connectivity index (χ3n) is 3.30. The zero-order chi connectivity index (χ0) is 20.3. The van der Waals surface area contributed by atoms with Crippen LogP contribution in [0.5, 0.6) is 5.75 Å². The van der Waals surface area contributed by atoms with Gasteiger partial charge in [-0.2, -0.15) is 26.3 Å². The van der Waals surface area contributed by atoms with Crippen LogP contribution in [0.4, 0.5) is 26.3 Å². The van der Waals surface area contributed by atoms with Gasteiger partial charge >= 0.3 is 12.4 Å². The van der Waals surface area contributed by atoms with Gasteiger partial charge in [-0.25, -0.2) is 13.1 Å². The molecule has 2 rings (SSSR count). The van der Waals surface area contributed by atoms with Gasteiger partial charge in [0.05, 0.1) is 16.0 Å². The Morgan fingerprint density at radius 1 is 0.852 bits per heavy atom. The van der Waals surface area contributed by atoms with Crippen molar-refractivity contribution >= 4 is 10.0 Å². The fraction of sp³-hybridized carbons (Fsp3) is 0.250. The first-order valence-electron chi connectivity index (χ1n) is 7.36. The molecular formula is C16H13F6NO3S. The summed E-state index contributed by atoms with van der Waals surface area (Å²) < 4.78 is 107. The SMILES string of the molecule is O=S(=O)(NCCOc1cccc(C(F)(F)F)c1)c1cccc(C(F)(F)F)c1. The molecule has 0 aromatic heterocycles. The molecule has 1 N–H and O–H groups in total. The first-order chi connectivity index (χ1) is 12.4. The molecule has 0 unspecified atom stereocenters. The molecule has 0 aliphatic heterocycles. The molecule has 27 heavy (non-hydrogen) atoms. The Hall–Kier alpha value is -2.27. The molecule has 0 spiro atoms. The molecule has 2 aromatic rings. The number of halogens is 6. The van der Waals surface area contributed by atoms with Crippen molar-refractivity contribution in [2.24, 2.45) is 0 Å². The van der Waals surface area contributed by atoms with Gasteiger partial charge < -0.3 is 4.74 Å². The molecule has 0 saturated carbocycles. The molecule has 0 atom stereocenters. The fourth-order valence-corrected chi connectivity index (χ4v) is 3.09. The summed E-state index contributed by atoms with van der Waals surface area (Å²) in [7, 11) is -4.24. The van der Waals surface area contributed by atoms with Crippen molar-refractivity contribution in [3.05, 3.63) is 59.7 Å². The molecule has 0 fully saturated rings. The summed E-state index contributed by atoms with van der Waals surface area (Å²) in [5.74, 6) is -0.122. The maximum Gasteiger partial charge on any atom is 0.416 e. The number of hydrogen-bond donors (Lipinski definition) is 1. The lowest BCUT2D eigenvalue weighted by Gasteiger charge is -2.12.